The van der Waals surface area contributed by atoms with Crippen LogP contribution in [0.25, 0.3) is 0 Å². The van der Waals surface area contributed by atoms with Gasteiger partial charge in [-0.3, -0.25) is 4.79 Å². The molecule has 0 atom stereocenters. The van der Waals surface area contributed by atoms with Crippen molar-refractivity contribution in [3.8, 4) is 11.8 Å². The number of carbonyl (C=O) groups excluding carboxylic acids is 1. The number of ether oxygens (including phenoxy) is 1. The molecule has 0 aromatic heterocycles. The zero-order valence-corrected chi connectivity index (χ0v) is 12.6. The summed E-state index contributed by atoms with van der Waals surface area (Å²) in [5, 5.41) is 11.5. The summed E-state index contributed by atoms with van der Waals surface area (Å²) in [7, 11) is 1.43. The first-order valence-electron chi connectivity index (χ1n) is 5.89. The van der Waals surface area contributed by atoms with Crippen molar-refractivity contribution in [1.82, 2.24) is 0 Å². The number of rotatable bonds is 3. The molecule has 0 heterocycles. The van der Waals surface area contributed by atoms with E-state index in [0.717, 1.165) is 6.07 Å². The predicted molar refractivity (Wildman–Crippen MR) is 79.8 cm³/mol. The van der Waals surface area contributed by atoms with Gasteiger partial charge in [-0.25, -0.2) is 4.39 Å². The van der Waals surface area contributed by atoms with Gasteiger partial charge in [-0.15, -0.1) is 0 Å². The number of amides is 1. The van der Waals surface area contributed by atoms with Crippen LogP contribution >= 0.6 is 15.9 Å². The first-order valence-corrected chi connectivity index (χ1v) is 6.69. The molecule has 0 unspecified atom stereocenters. The zero-order chi connectivity index (χ0) is 15.4. The fraction of sp³-hybridized carbons (Fsp3) is 0.0667. The number of carbonyl (C=O) groups is 1. The topological polar surface area (TPSA) is 62.1 Å². The van der Waals surface area contributed by atoms with Crippen molar-refractivity contribution in [2.45, 2.75) is 0 Å². The van der Waals surface area contributed by atoms with Gasteiger partial charge >= 0.3 is 0 Å². The maximum atomic E-state index is 13.2. The Morgan fingerprint density at radius 1 is 1.33 bits per heavy atom. The standard InChI is InChI=1S/C15H10BrFN2O2/c1-21-14-6-9(8-18)2-5-13(14)19-15(20)11-7-10(17)3-4-12(11)16/h2-7H,1H3,(H,19,20). The molecule has 106 valence electrons. The van der Waals surface area contributed by atoms with Gasteiger partial charge in [0.05, 0.1) is 30.0 Å². The maximum absolute atomic E-state index is 13.2. The molecule has 0 aliphatic rings. The molecule has 4 nitrogen and oxygen atoms in total. The van der Waals surface area contributed by atoms with Gasteiger partial charge in [0.1, 0.15) is 11.6 Å². The van der Waals surface area contributed by atoms with E-state index in [9.17, 15) is 9.18 Å². The van der Waals surface area contributed by atoms with E-state index in [1.54, 1.807) is 12.1 Å². The van der Waals surface area contributed by atoms with Crippen molar-refractivity contribution < 1.29 is 13.9 Å². The Bertz CT molecular complexity index is 741. The highest BCUT2D eigenvalue weighted by Gasteiger charge is 2.14. The number of halogens is 2. The summed E-state index contributed by atoms with van der Waals surface area (Å²) in [6, 6.07) is 10.4. The van der Waals surface area contributed by atoms with Crippen molar-refractivity contribution in [3.05, 3.63) is 57.8 Å². The Morgan fingerprint density at radius 2 is 2.10 bits per heavy atom. The van der Waals surface area contributed by atoms with Crippen molar-refractivity contribution >= 4 is 27.5 Å². The van der Waals surface area contributed by atoms with Crippen LogP contribution in [0.15, 0.2) is 40.9 Å². The summed E-state index contributed by atoms with van der Waals surface area (Å²) in [6.07, 6.45) is 0. The van der Waals surface area contributed by atoms with Crippen molar-refractivity contribution in [2.24, 2.45) is 0 Å². The lowest BCUT2D eigenvalue weighted by molar-refractivity contribution is 0.102. The molecule has 2 aromatic carbocycles. The molecule has 0 aliphatic heterocycles. The number of benzene rings is 2. The molecule has 1 N–H and O–H groups in total. The minimum Gasteiger partial charge on any atom is -0.495 e. The fourth-order valence-electron chi connectivity index (χ4n) is 1.73. The molecular formula is C15H10BrFN2O2. The third-order valence-electron chi connectivity index (χ3n) is 2.75. The zero-order valence-electron chi connectivity index (χ0n) is 11.0. The molecule has 1 amide bonds. The fourth-order valence-corrected chi connectivity index (χ4v) is 2.15. The second-order valence-corrected chi connectivity index (χ2v) is 4.96. The number of nitrogens with zero attached hydrogens (tertiary/aromatic N) is 1. The van der Waals surface area contributed by atoms with Crippen LogP contribution in [0.2, 0.25) is 0 Å². The molecule has 21 heavy (non-hydrogen) atoms. The Hall–Kier alpha value is -2.39. The van der Waals surface area contributed by atoms with Crippen LogP contribution in [0.3, 0.4) is 0 Å². The summed E-state index contributed by atoms with van der Waals surface area (Å²) in [5.41, 5.74) is 0.982. The van der Waals surface area contributed by atoms with Gasteiger partial charge in [-0.1, -0.05) is 0 Å². The van der Waals surface area contributed by atoms with E-state index in [1.165, 1.54) is 25.3 Å². The van der Waals surface area contributed by atoms with Gasteiger partial charge in [-0.2, -0.15) is 5.26 Å². The molecule has 0 spiro atoms. The quantitative estimate of drug-likeness (QED) is 0.919. The SMILES string of the molecule is COc1cc(C#N)ccc1NC(=O)c1cc(F)ccc1Br. The van der Waals surface area contributed by atoms with E-state index >= 15 is 0 Å². The minimum atomic E-state index is -0.504. The van der Waals surface area contributed by atoms with Crippen molar-refractivity contribution in [1.29, 1.82) is 5.26 Å². The number of hydrogen-bond acceptors (Lipinski definition) is 3. The lowest BCUT2D eigenvalue weighted by Crippen LogP contribution is -2.13. The predicted octanol–water partition coefficient (Wildman–Crippen LogP) is 3.72. The van der Waals surface area contributed by atoms with Gasteiger partial charge in [0.25, 0.3) is 5.91 Å². The lowest BCUT2D eigenvalue weighted by Gasteiger charge is -2.11. The van der Waals surface area contributed by atoms with E-state index in [0.29, 0.717) is 21.5 Å². The highest BCUT2D eigenvalue weighted by molar-refractivity contribution is 9.10. The number of nitriles is 1. The second-order valence-electron chi connectivity index (χ2n) is 4.11. The van der Waals surface area contributed by atoms with E-state index in [2.05, 4.69) is 21.2 Å². The number of anilines is 1. The summed E-state index contributed by atoms with van der Waals surface area (Å²) >= 11 is 3.20. The van der Waals surface area contributed by atoms with E-state index in [-0.39, 0.29) is 5.56 Å². The van der Waals surface area contributed by atoms with E-state index < -0.39 is 11.7 Å². The molecule has 0 saturated heterocycles. The first kappa shape index (κ1) is 15.0. The third-order valence-corrected chi connectivity index (χ3v) is 3.44. The van der Waals surface area contributed by atoms with Gasteiger partial charge in [0.15, 0.2) is 0 Å². The van der Waals surface area contributed by atoms with Gasteiger partial charge in [0, 0.05) is 10.5 Å². The first-order chi connectivity index (χ1) is 10.0. The van der Waals surface area contributed by atoms with E-state index in [4.69, 9.17) is 10.00 Å². The average Bonchev–Trinajstić information content (AvgIpc) is 2.49. The number of methoxy groups -OCH3 is 1. The molecule has 2 rings (SSSR count). The van der Waals surface area contributed by atoms with Crippen LogP contribution in [0.4, 0.5) is 10.1 Å². The van der Waals surface area contributed by atoms with Crippen LogP contribution in [0.1, 0.15) is 15.9 Å². The largest absolute Gasteiger partial charge is 0.495 e. The summed E-state index contributed by atoms with van der Waals surface area (Å²) < 4.78 is 18.8. The molecule has 2 aromatic rings. The minimum absolute atomic E-state index is 0.168. The van der Waals surface area contributed by atoms with Crippen LogP contribution in [0, 0.1) is 17.1 Å². The molecule has 6 heteroatoms. The average molecular weight is 349 g/mol. The Balaban J connectivity index is 2.32. The molecule has 0 radical (unpaired) electrons. The highest BCUT2D eigenvalue weighted by Crippen LogP contribution is 2.27. The van der Waals surface area contributed by atoms with Gasteiger partial charge in [-0.05, 0) is 46.3 Å². The van der Waals surface area contributed by atoms with Crippen LogP contribution in [0.5, 0.6) is 5.75 Å². The smallest absolute Gasteiger partial charge is 0.257 e. The summed E-state index contributed by atoms with van der Waals surface area (Å²) in [4.78, 5) is 12.2. The third kappa shape index (κ3) is 3.38. The van der Waals surface area contributed by atoms with Crippen LogP contribution in [-0.4, -0.2) is 13.0 Å². The van der Waals surface area contributed by atoms with Crippen LogP contribution in [-0.2, 0) is 0 Å². The molecular weight excluding hydrogens is 339 g/mol. The van der Waals surface area contributed by atoms with Crippen LogP contribution < -0.4 is 10.1 Å². The maximum Gasteiger partial charge on any atom is 0.257 e. The molecule has 0 saturated carbocycles. The lowest BCUT2D eigenvalue weighted by atomic mass is 10.1. The number of hydrogen-bond donors (Lipinski definition) is 1. The van der Waals surface area contributed by atoms with Gasteiger partial charge in [0.2, 0.25) is 0 Å². The normalized spacial score (nSPS) is 9.81. The van der Waals surface area contributed by atoms with Crippen molar-refractivity contribution in [3.63, 3.8) is 0 Å². The Labute approximate surface area is 129 Å². The molecule has 0 aliphatic carbocycles. The highest BCUT2D eigenvalue weighted by atomic mass is 79.9. The Kier molecular flexibility index (Phi) is 4.55. The molecule has 0 fully saturated rings. The Morgan fingerprint density at radius 3 is 2.76 bits per heavy atom. The summed E-state index contributed by atoms with van der Waals surface area (Å²) in [6.45, 7) is 0. The van der Waals surface area contributed by atoms with Gasteiger partial charge < -0.3 is 10.1 Å². The number of nitrogens with one attached hydrogen (secondary N) is 1. The van der Waals surface area contributed by atoms with E-state index in [1.807, 2.05) is 6.07 Å². The second kappa shape index (κ2) is 6.37. The summed E-state index contributed by atoms with van der Waals surface area (Å²) in [5.74, 6) is -0.630. The monoisotopic (exact) mass is 348 g/mol. The molecule has 0 bridgehead atoms. The van der Waals surface area contributed by atoms with Crippen molar-refractivity contribution in [2.75, 3.05) is 12.4 Å².